The van der Waals surface area contributed by atoms with Crippen molar-refractivity contribution in [2.75, 3.05) is 0 Å². The van der Waals surface area contributed by atoms with Gasteiger partial charge in [-0.25, -0.2) is 0 Å². The molecule has 0 aliphatic carbocycles. The highest BCUT2D eigenvalue weighted by atomic mass is 14.2. The van der Waals surface area contributed by atoms with Gasteiger partial charge in [-0.15, -0.1) is 0 Å². The molecule has 0 aliphatic heterocycles. The molecule has 0 unspecified atom stereocenters. The Labute approximate surface area is 339 Å². The third-order valence-electron chi connectivity index (χ3n) is 11.9. The second-order valence-electron chi connectivity index (χ2n) is 15.2. The van der Waals surface area contributed by atoms with E-state index >= 15 is 0 Å². The molecule has 0 spiro atoms. The van der Waals surface area contributed by atoms with Crippen molar-refractivity contribution in [2.45, 2.75) is 0 Å². The summed E-state index contributed by atoms with van der Waals surface area (Å²) in [7, 11) is 0. The molecule has 0 N–H and O–H groups in total. The molecule has 0 atom stereocenters. The van der Waals surface area contributed by atoms with E-state index < -0.39 is 0 Å². The summed E-state index contributed by atoms with van der Waals surface area (Å²) in [6, 6.07) is 84.6. The molecule has 0 fully saturated rings. The van der Waals surface area contributed by atoms with Crippen LogP contribution >= 0.6 is 0 Å². The Morgan fingerprint density at radius 3 is 1.26 bits per heavy atom. The van der Waals surface area contributed by atoms with Crippen LogP contribution in [0, 0.1) is 0 Å². The Morgan fingerprint density at radius 2 is 0.621 bits per heavy atom. The third kappa shape index (κ3) is 5.69. The number of rotatable bonds is 6. The van der Waals surface area contributed by atoms with Gasteiger partial charge in [0, 0.05) is 0 Å². The van der Waals surface area contributed by atoms with Crippen LogP contribution in [-0.4, -0.2) is 0 Å². The number of hydrogen-bond acceptors (Lipinski definition) is 0. The van der Waals surface area contributed by atoms with E-state index in [1.807, 2.05) is 0 Å². The summed E-state index contributed by atoms with van der Waals surface area (Å²) in [5.74, 6) is 0. The van der Waals surface area contributed by atoms with Crippen LogP contribution in [-0.2, 0) is 0 Å². The molecular weight excluding hydrogens is 697 g/mol. The van der Waals surface area contributed by atoms with Gasteiger partial charge in [0.1, 0.15) is 0 Å². The van der Waals surface area contributed by atoms with Gasteiger partial charge in [0.05, 0.1) is 0 Å². The van der Waals surface area contributed by atoms with Gasteiger partial charge in [-0.2, -0.15) is 0 Å². The zero-order chi connectivity index (χ0) is 38.4. The minimum atomic E-state index is 1.20. The van der Waals surface area contributed by atoms with Crippen LogP contribution in [0.2, 0.25) is 0 Å². The van der Waals surface area contributed by atoms with E-state index in [4.69, 9.17) is 0 Å². The van der Waals surface area contributed by atoms with E-state index in [2.05, 4.69) is 231 Å². The van der Waals surface area contributed by atoms with E-state index in [1.54, 1.807) is 0 Å². The lowest BCUT2D eigenvalue weighted by molar-refractivity contribution is 1.58. The standard InChI is InChI=1S/C58H38/c1-3-18-39(19-4-1)45-24-9-10-26-47(45)44-36-42-34-35-43(58-53-31-15-13-29-51(53)57(41-21-5-2-6-22-41)52-30-14-16-32-54(52)58)37-55(42)56(38-44)50-28-12-11-27-49(50)48-33-17-23-40-20-7-8-25-46(40)48/h1-38H. The Balaban J connectivity index is 1.22. The molecular formula is C58H38. The first-order valence-corrected chi connectivity index (χ1v) is 20.1. The lowest BCUT2D eigenvalue weighted by atomic mass is 9.83. The quantitative estimate of drug-likeness (QED) is 0.149. The SMILES string of the molecule is c1ccc(-c2ccccc2-c2cc(-c3ccccc3-c3cccc4ccccc34)c3cc(-c4c5ccccc5c(-c5ccccc5)c5ccccc45)ccc3c2)cc1. The summed E-state index contributed by atoms with van der Waals surface area (Å²) in [6.45, 7) is 0. The minimum Gasteiger partial charge on any atom is -0.0622 e. The molecule has 0 amide bonds. The Kier molecular flexibility index (Phi) is 8.26. The lowest BCUT2D eigenvalue weighted by Gasteiger charge is -2.20. The fraction of sp³-hybridized carbons (Fsp3) is 0. The first-order valence-electron chi connectivity index (χ1n) is 20.1. The van der Waals surface area contributed by atoms with Gasteiger partial charge < -0.3 is 0 Å². The van der Waals surface area contributed by atoms with E-state index in [1.165, 1.54) is 110 Å². The van der Waals surface area contributed by atoms with Crippen molar-refractivity contribution >= 4 is 43.1 Å². The van der Waals surface area contributed by atoms with Gasteiger partial charge in [0.2, 0.25) is 0 Å². The van der Waals surface area contributed by atoms with E-state index in [0.29, 0.717) is 0 Å². The normalized spacial score (nSPS) is 11.4. The van der Waals surface area contributed by atoms with Crippen LogP contribution in [0.3, 0.4) is 0 Å². The summed E-state index contributed by atoms with van der Waals surface area (Å²) in [5.41, 5.74) is 14.7. The number of hydrogen-bond donors (Lipinski definition) is 0. The van der Waals surface area contributed by atoms with Gasteiger partial charge in [0.15, 0.2) is 0 Å². The molecule has 11 rings (SSSR count). The van der Waals surface area contributed by atoms with Crippen molar-refractivity contribution in [1.82, 2.24) is 0 Å². The van der Waals surface area contributed by atoms with Crippen LogP contribution < -0.4 is 0 Å². The largest absolute Gasteiger partial charge is 0.0622 e. The minimum absolute atomic E-state index is 1.20. The van der Waals surface area contributed by atoms with Gasteiger partial charge in [-0.1, -0.05) is 212 Å². The lowest BCUT2D eigenvalue weighted by Crippen LogP contribution is -1.93. The summed E-state index contributed by atoms with van der Waals surface area (Å²) in [4.78, 5) is 0. The summed E-state index contributed by atoms with van der Waals surface area (Å²) in [6.07, 6.45) is 0. The van der Waals surface area contributed by atoms with Crippen LogP contribution in [0.5, 0.6) is 0 Å². The number of benzene rings is 11. The van der Waals surface area contributed by atoms with Gasteiger partial charge in [-0.05, 0) is 128 Å². The van der Waals surface area contributed by atoms with Crippen LogP contribution in [0.25, 0.3) is 110 Å². The molecule has 58 heavy (non-hydrogen) atoms. The predicted octanol–water partition coefficient (Wildman–Crippen LogP) is 16.3. The van der Waals surface area contributed by atoms with Crippen LogP contribution in [0.1, 0.15) is 0 Å². The molecule has 0 nitrogen and oxygen atoms in total. The maximum Gasteiger partial charge on any atom is -0.00261 e. The van der Waals surface area contributed by atoms with Gasteiger partial charge in [-0.3, -0.25) is 0 Å². The molecule has 270 valence electrons. The summed E-state index contributed by atoms with van der Waals surface area (Å²) in [5, 5.41) is 9.97. The van der Waals surface area contributed by atoms with Crippen molar-refractivity contribution in [2.24, 2.45) is 0 Å². The smallest absolute Gasteiger partial charge is 0.00261 e. The first kappa shape index (κ1) is 33.8. The molecule has 0 aliphatic rings. The highest BCUT2D eigenvalue weighted by molar-refractivity contribution is 6.22. The Bertz CT molecular complexity index is 3260. The van der Waals surface area contributed by atoms with Crippen molar-refractivity contribution in [3.05, 3.63) is 231 Å². The molecule has 11 aromatic carbocycles. The second kappa shape index (κ2) is 14.2. The highest BCUT2D eigenvalue weighted by Gasteiger charge is 2.20. The zero-order valence-corrected chi connectivity index (χ0v) is 31.9. The topological polar surface area (TPSA) is 0 Å². The molecule has 0 bridgehead atoms. The number of fused-ring (bicyclic) bond motifs is 4. The zero-order valence-electron chi connectivity index (χ0n) is 31.9. The predicted molar refractivity (Wildman–Crippen MR) is 249 cm³/mol. The monoisotopic (exact) mass is 734 g/mol. The molecule has 0 aromatic heterocycles. The molecule has 0 heteroatoms. The fourth-order valence-electron chi connectivity index (χ4n) is 9.26. The average molecular weight is 735 g/mol. The van der Waals surface area contributed by atoms with E-state index in [9.17, 15) is 0 Å². The maximum atomic E-state index is 2.45. The second-order valence-corrected chi connectivity index (χ2v) is 15.2. The van der Waals surface area contributed by atoms with Crippen LogP contribution in [0.15, 0.2) is 231 Å². The van der Waals surface area contributed by atoms with Gasteiger partial charge in [0.25, 0.3) is 0 Å². The molecule has 0 saturated carbocycles. The Hall–Kier alpha value is -7.54. The van der Waals surface area contributed by atoms with Crippen LogP contribution in [0.4, 0.5) is 0 Å². The first-order chi connectivity index (χ1) is 28.8. The van der Waals surface area contributed by atoms with Crippen molar-refractivity contribution in [3.63, 3.8) is 0 Å². The molecule has 11 aromatic rings. The van der Waals surface area contributed by atoms with Crippen molar-refractivity contribution < 1.29 is 0 Å². The average Bonchev–Trinajstić information content (AvgIpc) is 3.30. The van der Waals surface area contributed by atoms with E-state index in [-0.39, 0.29) is 0 Å². The maximum absolute atomic E-state index is 2.45. The Morgan fingerprint density at radius 1 is 0.172 bits per heavy atom. The molecule has 0 heterocycles. The van der Waals surface area contributed by atoms with Crippen molar-refractivity contribution in [1.29, 1.82) is 0 Å². The van der Waals surface area contributed by atoms with Gasteiger partial charge >= 0.3 is 0 Å². The molecule has 0 radical (unpaired) electrons. The van der Waals surface area contributed by atoms with E-state index in [0.717, 1.165) is 0 Å². The molecule has 0 saturated heterocycles. The third-order valence-corrected chi connectivity index (χ3v) is 11.9. The summed E-state index contributed by atoms with van der Waals surface area (Å²) < 4.78 is 0. The fourth-order valence-corrected chi connectivity index (χ4v) is 9.26. The summed E-state index contributed by atoms with van der Waals surface area (Å²) >= 11 is 0. The highest BCUT2D eigenvalue weighted by Crippen LogP contribution is 2.47. The van der Waals surface area contributed by atoms with Crippen molar-refractivity contribution in [3.8, 4) is 66.8 Å².